The largest absolute Gasteiger partial charge is 0.490 e. The number of ether oxygens (including phenoxy) is 4. The van der Waals surface area contributed by atoms with Gasteiger partial charge in [0.25, 0.3) is 0 Å². The lowest BCUT2D eigenvalue weighted by molar-refractivity contribution is -0.136. The number of nitrogens with zero attached hydrogens (tertiary/aromatic N) is 2. The maximum atomic E-state index is 12.4. The summed E-state index contributed by atoms with van der Waals surface area (Å²) < 4.78 is 22.3. The van der Waals surface area contributed by atoms with Gasteiger partial charge in [0.15, 0.2) is 17.7 Å². The Bertz CT molecular complexity index is 1600. The highest BCUT2D eigenvalue weighted by atomic mass is 16.5. The fraction of sp³-hybridized carbons (Fsp3) is 0.250. The average molecular weight is 600 g/mol. The molecular formula is C32H33N5O7. The van der Waals surface area contributed by atoms with E-state index in [0.717, 1.165) is 11.1 Å². The standard InChI is InChI=1S/C32H33N5O7/c1-4-42-27-15-22(30-29(31(39)41-3)20(2)35-32(40)36-30)12-13-26(27)44-19-28(38)37-34-17-21-8-7-11-25(14-21)43-18-24-10-6-5-9-23(24)16-33/h5-15,17,28,30,37-38H,4,18-19H2,1-3H3,(H2,35,36,40)/b34-17+/t28-,30-/m0/s1. The van der Waals surface area contributed by atoms with E-state index in [0.29, 0.717) is 40.7 Å². The minimum Gasteiger partial charge on any atom is -0.490 e. The smallest absolute Gasteiger partial charge is 0.337 e. The van der Waals surface area contributed by atoms with Crippen LogP contribution in [0.15, 0.2) is 83.1 Å². The van der Waals surface area contributed by atoms with E-state index in [4.69, 9.17) is 18.9 Å². The molecule has 2 amide bonds. The molecule has 0 bridgehead atoms. The summed E-state index contributed by atoms with van der Waals surface area (Å²) in [4.78, 5) is 24.6. The lowest BCUT2D eigenvalue weighted by Gasteiger charge is -2.28. The number of aliphatic hydroxyl groups excluding tert-OH is 1. The molecule has 1 aliphatic heterocycles. The SMILES string of the molecule is CCOc1cc([C@@H]2NC(=O)NC(C)=C2C(=O)OC)ccc1OC[C@H](O)N/N=C/c1cccc(OCc2ccccc2C#N)c1. The molecule has 12 nitrogen and oxygen atoms in total. The van der Waals surface area contributed by atoms with Crippen molar-refractivity contribution < 1.29 is 33.6 Å². The van der Waals surface area contributed by atoms with Crippen LogP contribution in [0, 0.1) is 11.3 Å². The van der Waals surface area contributed by atoms with Crippen LogP contribution < -0.4 is 30.3 Å². The molecule has 3 aromatic rings. The monoisotopic (exact) mass is 599 g/mol. The Hall–Kier alpha value is -5.54. The minimum atomic E-state index is -1.15. The van der Waals surface area contributed by atoms with E-state index in [2.05, 4.69) is 27.2 Å². The summed E-state index contributed by atoms with van der Waals surface area (Å²) in [5, 5.41) is 29.1. The lowest BCUT2D eigenvalue weighted by Crippen LogP contribution is -2.45. The van der Waals surface area contributed by atoms with Gasteiger partial charge in [-0.3, -0.25) is 5.43 Å². The molecule has 0 radical (unpaired) electrons. The van der Waals surface area contributed by atoms with Gasteiger partial charge in [-0.25, -0.2) is 9.59 Å². The summed E-state index contributed by atoms with van der Waals surface area (Å²) in [7, 11) is 1.27. The first-order valence-corrected chi connectivity index (χ1v) is 13.8. The molecule has 0 aromatic heterocycles. The summed E-state index contributed by atoms with van der Waals surface area (Å²) in [6, 6.07) is 20.4. The molecule has 0 saturated carbocycles. The summed E-state index contributed by atoms with van der Waals surface area (Å²) in [5.74, 6) is 0.743. The molecule has 1 aliphatic rings. The van der Waals surface area contributed by atoms with E-state index in [1.807, 2.05) is 31.2 Å². The Morgan fingerprint density at radius 1 is 1.11 bits per heavy atom. The third kappa shape index (κ3) is 8.05. The number of methoxy groups -OCH3 is 1. The van der Waals surface area contributed by atoms with Gasteiger partial charge in [0.1, 0.15) is 19.0 Å². The number of amides is 2. The van der Waals surface area contributed by atoms with Gasteiger partial charge in [-0.05, 0) is 55.3 Å². The van der Waals surface area contributed by atoms with Gasteiger partial charge in [-0.1, -0.05) is 36.4 Å². The Labute approximate surface area is 254 Å². The van der Waals surface area contributed by atoms with Crippen molar-refractivity contribution in [2.75, 3.05) is 20.3 Å². The number of nitriles is 1. The summed E-state index contributed by atoms with van der Waals surface area (Å²) in [6.45, 7) is 3.85. The highest BCUT2D eigenvalue weighted by Gasteiger charge is 2.32. The van der Waals surface area contributed by atoms with Gasteiger partial charge in [0, 0.05) is 11.3 Å². The van der Waals surface area contributed by atoms with E-state index in [1.54, 1.807) is 49.4 Å². The topological polar surface area (TPSA) is 164 Å². The van der Waals surface area contributed by atoms with Crippen LogP contribution in [-0.2, 0) is 16.1 Å². The van der Waals surface area contributed by atoms with Crippen LogP contribution >= 0.6 is 0 Å². The molecule has 12 heteroatoms. The highest BCUT2D eigenvalue weighted by Crippen LogP contribution is 2.35. The van der Waals surface area contributed by atoms with Crippen molar-refractivity contribution in [3.63, 3.8) is 0 Å². The summed E-state index contributed by atoms with van der Waals surface area (Å²) in [6.07, 6.45) is 0.379. The third-order valence-electron chi connectivity index (χ3n) is 6.50. The molecule has 4 N–H and O–H groups in total. The number of urea groups is 1. The van der Waals surface area contributed by atoms with E-state index in [1.165, 1.54) is 13.3 Å². The number of allylic oxidation sites excluding steroid dienone is 1. The zero-order valence-electron chi connectivity index (χ0n) is 24.5. The second kappa shape index (κ2) is 15.1. The first kappa shape index (κ1) is 31.4. The number of benzene rings is 3. The van der Waals surface area contributed by atoms with Crippen LogP contribution in [0.25, 0.3) is 0 Å². The maximum Gasteiger partial charge on any atom is 0.337 e. The van der Waals surface area contributed by atoms with E-state index >= 15 is 0 Å². The van der Waals surface area contributed by atoms with E-state index in [-0.39, 0.29) is 18.8 Å². The number of nitrogens with one attached hydrogen (secondary N) is 3. The number of carbonyl (C=O) groups excluding carboxylic acids is 2. The number of aliphatic hydroxyl groups is 1. The fourth-order valence-electron chi connectivity index (χ4n) is 4.42. The van der Waals surface area contributed by atoms with Crippen molar-refractivity contribution in [2.24, 2.45) is 5.10 Å². The van der Waals surface area contributed by atoms with Crippen molar-refractivity contribution in [3.8, 4) is 23.3 Å². The van der Waals surface area contributed by atoms with Gasteiger partial charge >= 0.3 is 12.0 Å². The zero-order valence-corrected chi connectivity index (χ0v) is 24.5. The molecule has 0 aliphatic carbocycles. The molecule has 2 atom stereocenters. The van der Waals surface area contributed by atoms with Crippen LogP contribution in [-0.4, -0.2) is 49.9 Å². The zero-order chi connectivity index (χ0) is 31.5. The molecule has 1 heterocycles. The minimum absolute atomic E-state index is 0.158. The predicted octanol–water partition coefficient (Wildman–Crippen LogP) is 3.66. The van der Waals surface area contributed by atoms with Crippen molar-refractivity contribution in [1.29, 1.82) is 5.26 Å². The maximum absolute atomic E-state index is 12.4. The van der Waals surface area contributed by atoms with Crippen LogP contribution in [0.2, 0.25) is 0 Å². The number of hydrogen-bond acceptors (Lipinski definition) is 10. The molecule has 228 valence electrons. The van der Waals surface area contributed by atoms with Gasteiger partial charge in [-0.2, -0.15) is 10.4 Å². The highest BCUT2D eigenvalue weighted by molar-refractivity contribution is 5.95. The average Bonchev–Trinajstić information content (AvgIpc) is 3.03. The number of hydrogen-bond donors (Lipinski definition) is 4. The number of rotatable bonds is 13. The molecule has 4 rings (SSSR count). The van der Waals surface area contributed by atoms with Crippen molar-refractivity contribution >= 4 is 18.2 Å². The van der Waals surface area contributed by atoms with Gasteiger partial charge in [-0.15, -0.1) is 0 Å². The Morgan fingerprint density at radius 2 is 1.93 bits per heavy atom. The number of esters is 1. The van der Waals surface area contributed by atoms with Crippen molar-refractivity contribution in [2.45, 2.75) is 32.7 Å². The molecule has 44 heavy (non-hydrogen) atoms. The molecule has 0 saturated heterocycles. The predicted molar refractivity (Wildman–Crippen MR) is 161 cm³/mol. The lowest BCUT2D eigenvalue weighted by atomic mass is 9.95. The fourth-order valence-corrected chi connectivity index (χ4v) is 4.42. The van der Waals surface area contributed by atoms with Crippen LogP contribution in [0.4, 0.5) is 4.79 Å². The second-order valence-corrected chi connectivity index (χ2v) is 9.55. The van der Waals surface area contributed by atoms with Crippen molar-refractivity contribution in [1.82, 2.24) is 16.1 Å². The first-order chi connectivity index (χ1) is 21.3. The molecule has 0 spiro atoms. The molecule has 0 fully saturated rings. The van der Waals surface area contributed by atoms with Gasteiger partial charge in [0.2, 0.25) is 0 Å². The van der Waals surface area contributed by atoms with Crippen LogP contribution in [0.3, 0.4) is 0 Å². The molecule has 3 aromatic carbocycles. The molecular weight excluding hydrogens is 566 g/mol. The summed E-state index contributed by atoms with van der Waals surface area (Å²) in [5.41, 5.74) is 5.93. The van der Waals surface area contributed by atoms with Crippen molar-refractivity contribution in [3.05, 3.63) is 100 Å². The van der Waals surface area contributed by atoms with Gasteiger partial charge in [0.05, 0.1) is 43.2 Å². The number of hydrazone groups is 1. The van der Waals surface area contributed by atoms with Gasteiger partial charge < -0.3 is 34.7 Å². The first-order valence-electron chi connectivity index (χ1n) is 13.8. The third-order valence-corrected chi connectivity index (χ3v) is 6.50. The Morgan fingerprint density at radius 3 is 2.70 bits per heavy atom. The molecule has 0 unspecified atom stereocenters. The quantitative estimate of drug-likeness (QED) is 0.0994. The van der Waals surface area contributed by atoms with E-state index in [9.17, 15) is 20.0 Å². The van der Waals surface area contributed by atoms with Crippen LogP contribution in [0.1, 0.15) is 42.1 Å². The van der Waals surface area contributed by atoms with E-state index < -0.39 is 24.3 Å². The second-order valence-electron chi connectivity index (χ2n) is 9.55. The summed E-state index contributed by atoms with van der Waals surface area (Å²) >= 11 is 0. The Balaban J connectivity index is 1.36. The number of carbonyl (C=O) groups is 2. The van der Waals surface area contributed by atoms with Crippen LogP contribution in [0.5, 0.6) is 17.2 Å². The Kier molecular flexibility index (Phi) is 10.8. The normalized spacial score (nSPS) is 15.1.